The zero-order valence-corrected chi connectivity index (χ0v) is 6.83. The Morgan fingerprint density at radius 1 is 1.62 bits per heavy atom. The number of ether oxygens (including phenoxy) is 1. The van der Waals surface area contributed by atoms with Gasteiger partial charge >= 0.3 is 5.97 Å². The van der Waals surface area contributed by atoms with Gasteiger partial charge in [0.2, 0.25) is 0 Å². The molecule has 0 atom stereocenters. The summed E-state index contributed by atoms with van der Waals surface area (Å²) in [7, 11) is 1.19. The first kappa shape index (κ1) is 9.00. The normalized spacial score (nSPS) is 8.92. The third kappa shape index (κ3) is 1.93. The fourth-order valence-electron chi connectivity index (χ4n) is 0.824. The summed E-state index contributed by atoms with van der Waals surface area (Å²) in [5.41, 5.74) is -0.393. The zero-order valence-electron chi connectivity index (χ0n) is 6.83. The Balaban J connectivity index is 3.26. The number of pyridine rings is 1. The molecular weight excluding hydrogens is 172 g/mol. The van der Waals surface area contributed by atoms with E-state index in [4.69, 9.17) is 5.26 Å². The summed E-state index contributed by atoms with van der Waals surface area (Å²) in [6.07, 6.45) is 0. The lowest BCUT2D eigenvalue weighted by molar-refractivity contribution is 0.0594. The number of carbonyl (C=O) groups is 1. The van der Waals surface area contributed by atoms with Gasteiger partial charge in [-0.2, -0.15) is 5.26 Å². The van der Waals surface area contributed by atoms with Crippen molar-refractivity contribution in [3.8, 4) is 6.07 Å². The molecule has 5 heteroatoms. The first-order valence-corrected chi connectivity index (χ1v) is 3.40. The van der Waals surface area contributed by atoms with Crippen molar-refractivity contribution >= 4 is 5.97 Å². The van der Waals surface area contributed by atoms with Crippen molar-refractivity contribution in [1.82, 2.24) is 4.98 Å². The molecule has 1 rings (SSSR count). The zero-order chi connectivity index (χ0) is 9.84. The molecule has 0 saturated carbocycles. The lowest BCUT2D eigenvalue weighted by Gasteiger charge is -1.98. The summed E-state index contributed by atoms with van der Waals surface area (Å²) >= 11 is 0. The average molecular weight is 178 g/mol. The summed E-state index contributed by atoms with van der Waals surface area (Å²) in [6.45, 7) is 0. The number of aromatic nitrogens is 1. The number of esters is 1. The molecule has 0 unspecified atom stereocenters. The summed E-state index contributed by atoms with van der Waals surface area (Å²) < 4.78 is 4.37. The van der Waals surface area contributed by atoms with E-state index in [0.29, 0.717) is 0 Å². The Hall–Kier alpha value is -2.09. The highest BCUT2D eigenvalue weighted by atomic mass is 16.5. The lowest BCUT2D eigenvalue weighted by Crippen LogP contribution is -2.11. The number of nitrogens with one attached hydrogen (secondary N) is 1. The molecule has 0 aliphatic carbocycles. The highest BCUT2D eigenvalue weighted by Crippen LogP contribution is 1.95. The Morgan fingerprint density at radius 3 is 2.85 bits per heavy atom. The van der Waals surface area contributed by atoms with E-state index in [-0.39, 0.29) is 11.4 Å². The maximum absolute atomic E-state index is 10.9. The smallest absolute Gasteiger partial charge is 0.354 e. The molecule has 1 N–H and O–H groups in total. The molecule has 0 bridgehead atoms. The molecule has 0 fully saturated rings. The van der Waals surface area contributed by atoms with Crippen LogP contribution in [-0.4, -0.2) is 18.1 Å². The molecule has 1 aromatic rings. The molecule has 0 radical (unpaired) electrons. The maximum Gasteiger partial charge on any atom is 0.354 e. The van der Waals surface area contributed by atoms with Gasteiger partial charge in [0.05, 0.1) is 7.11 Å². The summed E-state index contributed by atoms with van der Waals surface area (Å²) in [5.74, 6) is -0.672. The third-order valence-corrected chi connectivity index (χ3v) is 1.37. The Kier molecular flexibility index (Phi) is 2.45. The number of nitriles is 1. The highest BCUT2D eigenvalue weighted by Gasteiger charge is 2.07. The largest absolute Gasteiger partial charge is 0.464 e. The van der Waals surface area contributed by atoms with Crippen molar-refractivity contribution in [2.75, 3.05) is 7.11 Å². The second-order valence-electron chi connectivity index (χ2n) is 2.25. The summed E-state index contributed by atoms with van der Waals surface area (Å²) in [6, 6.07) is 3.90. The van der Waals surface area contributed by atoms with Crippen molar-refractivity contribution in [3.63, 3.8) is 0 Å². The minimum atomic E-state index is -0.672. The van der Waals surface area contributed by atoms with E-state index >= 15 is 0 Å². The van der Waals surface area contributed by atoms with Crippen molar-refractivity contribution in [1.29, 1.82) is 5.26 Å². The molecule has 0 aliphatic heterocycles. The number of aromatic amines is 1. The molecule has 13 heavy (non-hydrogen) atoms. The van der Waals surface area contributed by atoms with Crippen molar-refractivity contribution in [3.05, 3.63) is 33.7 Å². The van der Waals surface area contributed by atoms with Crippen LogP contribution < -0.4 is 5.43 Å². The molecule has 1 aromatic heterocycles. The Labute approximate surface area is 73.6 Å². The number of H-pyrrole nitrogens is 1. The fraction of sp³-hybridized carbons (Fsp3) is 0.125. The second-order valence-corrected chi connectivity index (χ2v) is 2.25. The molecule has 0 aliphatic rings. The lowest BCUT2D eigenvalue weighted by atomic mass is 10.3. The van der Waals surface area contributed by atoms with E-state index in [9.17, 15) is 9.59 Å². The monoisotopic (exact) mass is 178 g/mol. The molecule has 66 valence electrons. The SMILES string of the molecule is COC(=O)c1cc(=O)cc(C#N)[nH]1. The van der Waals surface area contributed by atoms with Gasteiger partial charge in [-0.15, -0.1) is 0 Å². The van der Waals surface area contributed by atoms with Crippen LogP contribution in [0.4, 0.5) is 0 Å². The number of methoxy groups -OCH3 is 1. The minimum Gasteiger partial charge on any atom is -0.464 e. The van der Waals surface area contributed by atoms with Crippen LogP contribution in [0.25, 0.3) is 0 Å². The van der Waals surface area contributed by atoms with Gasteiger partial charge in [0, 0.05) is 12.1 Å². The van der Waals surface area contributed by atoms with Crippen LogP contribution in [0, 0.1) is 11.3 Å². The number of carbonyl (C=O) groups excluding carboxylic acids is 1. The van der Waals surface area contributed by atoms with Crippen LogP contribution in [0.3, 0.4) is 0 Å². The summed E-state index contributed by atoms with van der Waals surface area (Å²) in [5, 5.41) is 8.47. The molecular formula is C8H6N2O3. The van der Waals surface area contributed by atoms with E-state index in [2.05, 4.69) is 9.72 Å². The van der Waals surface area contributed by atoms with Gasteiger partial charge < -0.3 is 9.72 Å². The predicted octanol–water partition coefficient (Wildman–Crippen LogP) is 0.0332. The van der Waals surface area contributed by atoms with Crippen LogP contribution >= 0.6 is 0 Å². The molecule has 0 amide bonds. The van der Waals surface area contributed by atoms with Crippen molar-refractivity contribution in [2.45, 2.75) is 0 Å². The van der Waals surface area contributed by atoms with Gasteiger partial charge in [-0.3, -0.25) is 4.79 Å². The van der Waals surface area contributed by atoms with E-state index < -0.39 is 11.4 Å². The van der Waals surface area contributed by atoms with E-state index in [0.717, 1.165) is 12.1 Å². The molecule has 0 aromatic carbocycles. The van der Waals surface area contributed by atoms with Crippen LogP contribution in [-0.2, 0) is 4.74 Å². The predicted molar refractivity (Wildman–Crippen MR) is 43.1 cm³/mol. The molecule has 5 nitrogen and oxygen atoms in total. The van der Waals surface area contributed by atoms with Crippen LogP contribution in [0.1, 0.15) is 16.2 Å². The quantitative estimate of drug-likeness (QED) is 0.615. The van der Waals surface area contributed by atoms with Gasteiger partial charge in [-0.05, 0) is 0 Å². The van der Waals surface area contributed by atoms with Crippen LogP contribution in [0.5, 0.6) is 0 Å². The first-order chi connectivity index (χ1) is 6.17. The van der Waals surface area contributed by atoms with Crippen molar-refractivity contribution in [2.24, 2.45) is 0 Å². The third-order valence-electron chi connectivity index (χ3n) is 1.37. The highest BCUT2D eigenvalue weighted by molar-refractivity contribution is 5.87. The second kappa shape index (κ2) is 3.54. The van der Waals surface area contributed by atoms with E-state index in [1.165, 1.54) is 7.11 Å². The maximum atomic E-state index is 10.9. The Morgan fingerprint density at radius 2 is 2.31 bits per heavy atom. The van der Waals surface area contributed by atoms with Gasteiger partial charge in [0.25, 0.3) is 0 Å². The van der Waals surface area contributed by atoms with Gasteiger partial charge in [0.15, 0.2) is 5.43 Å². The van der Waals surface area contributed by atoms with Gasteiger partial charge in [0.1, 0.15) is 17.5 Å². The standard InChI is InChI=1S/C8H6N2O3/c1-13-8(12)7-3-6(11)2-5(4-9)10-7/h2-3H,1H3,(H,10,11). The number of rotatable bonds is 1. The molecule has 0 spiro atoms. The first-order valence-electron chi connectivity index (χ1n) is 3.40. The fourth-order valence-corrected chi connectivity index (χ4v) is 0.824. The minimum absolute atomic E-state index is 0.0217. The van der Waals surface area contributed by atoms with Crippen molar-refractivity contribution < 1.29 is 9.53 Å². The average Bonchev–Trinajstić information content (AvgIpc) is 2.15. The topological polar surface area (TPSA) is 82.9 Å². The van der Waals surface area contributed by atoms with E-state index in [1.54, 1.807) is 6.07 Å². The number of hydrogen-bond acceptors (Lipinski definition) is 4. The number of nitrogens with zero attached hydrogens (tertiary/aromatic N) is 1. The van der Waals surface area contributed by atoms with Gasteiger partial charge in [-0.1, -0.05) is 0 Å². The molecule has 0 saturated heterocycles. The van der Waals surface area contributed by atoms with Gasteiger partial charge in [-0.25, -0.2) is 4.79 Å². The number of hydrogen-bond donors (Lipinski definition) is 1. The Bertz CT molecular complexity index is 428. The van der Waals surface area contributed by atoms with Crippen LogP contribution in [0.2, 0.25) is 0 Å². The summed E-state index contributed by atoms with van der Waals surface area (Å²) in [4.78, 5) is 24.3. The molecule has 1 heterocycles. The van der Waals surface area contributed by atoms with E-state index in [1.807, 2.05) is 0 Å². The van der Waals surface area contributed by atoms with Crippen LogP contribution in [0.15, 0.2) is 16.9 Å².